The van der Waals surface area contributed by atoms with Crippen molar-refractivity contribution in [1.29, 1.82) is 0 Å². The number of Topliss-reactive ketones (excluding diaryl/α,β-unsaturated/α-hetero) is 1. The SMILES string of the molecule is O=C(C[C@@H](Cc1c2ccccc2cc2ccccc12)c1ccccc1)c1ccccc1. The van der Waals surface area contributed by atoms with Gasteiger partial charge in [0.15, 0.2) is 5.78 Å². The summed E-state index contributed by atoms with van der Waals surface area (Å²) in [5, 5.41) is 5.04. The van der Waals surface area contributed by atoms with Crippen LogP contribution in [-0.2, 0) is 6.42 Å². The molecule has 0 N–H and O–H groups in total. The molecule has 0 fully saturated rings. The molecule has 5 aromatic carbocycles. The van der Waals surface area contributed by atoms with Gasteiger partial charge in [-0.05, 0) is 51.1 Å². The summed E-state index contributed by atoms with van der Waals surface area (Å²) >= 11 is 0. The highest BCUT2D eigenvalue weighted by atomic mass is 16.1. The smallest absolute Gasteiger partial charge is 0.163 e. The van der Waals surface area contributed by atoms with Crippen LogP contribution in [0.3, 0.4) is 0 Å². The highest BCUT2D eigenvalue weighted by Gasteiger charge is 2.20. The van der Waals surface area contributed by atoms with Gasteiger partial charge in [-0.3, -0.25) is 4.79 Å². The predicted molar refractivity (Wildman–Crippen MR) is 130 cm³/mol. The van der Waals surface area contributed by atoms with Crippen molar-refractivity contribution in [2.75, 3.05) is 0 Å². The minimum absolute atomic E-state index is 0.114. The van der Waals surface area contributed by atoms with E-state index in [4.69, 9.17) is 0 Å². The normalized spacial score (nSPS) is 12.1. The summed E-state index contributed by atoms with van der Waals surface area (Å²) in [5.74, 6) is 0.308. The maximum absolute atomic E-state index is 13.1. The second-order valence-electron chi connectivity index (χ2n) is 8.10. The number of hydrogen-bond donors (Lipinski definition) is 0. The van der Waals surface area contributed by atoms with Crippen molar-refractivity contribution in [1.82, 2.24) is 0 Å². The second-order valence-corrected chi connectivity index (χ2v) is 8.10. The van der Waals surface area contributed by atoms with Crippen LogP contribution in [0.4, 0.5) is 0 Å². The highest BCUT2D eigenvalue weighted by molar-refractivity contribution is 6.02. The van der Waals surface area contributed by atoms with E-state index >= 15 is 0 Å². The highest BCUT2D eigenvalue weighted by Crippen LogP contribution is 2.34. The van der Waals surface area contributed by atoms with Crippen molar-refractivity contribution in [2.24, 2.45) is 0 Å². The molecule has 0 aliphatic rings. The second kappa shape index (κ2) is 8.57. The first-order valence-electron chi connectivity index (χ1n) is 10.8. The Morgan fingerprint density at radius 1 is 0.613 bits per heavy atom. The van der Waals surface area contributed by atoms with E-state index in [1.165, 1.54) is 32.7 Å². The van der Waals surface area contributed by atoms with Crippen molar-refractivity contribution in [3.05, 3.63) is 132 Å². The molecule has 0 heterocycles. The average molecular weight is 401 g/mol. The molecule has 0 aliphatic carbocycles. The van der Waals surface area contributed by atoms with E-state index in [1.54, 1.807) is 0 Å². The van der Waals surface area contributed by atoms with Crippen molar-refractivity contribution in [2.45, 2.75) is 18.8 Å². The Morgan fingerprint density at radius 3 is 1.74 bits per heavy atom. The molecule has 0 saturated heterocycles. The van der Waals surface area contributed by atoms with Gasteiger partial charge in [0, 0.05) is 12.0 Å². The third kappa shape index (κ3) is 4.00. The van der Waals surface area contributed by atoms with Crippen molar-refractivity contribution >= 4 is 27.3 Å². The zero-order valence-electron chi connectivity index (χ0n) is 17.4. The first-order chi connectivity index (χ1) is 15.3. The van der Waals surface area contributed by atoms with Crippen LogP contribution in [0.1, 0.15) is 33.8 Å². The molecule has 0 unspecified atom stereocenters. The molecule has 31 heavy (non-hydrogen) atoms. The van der Waals surface area contributed by atoms with Gasteiger partial charge in [0.2, 0.25) is 0 Å². The van der Waals surface area contributed by atoms with Crippen LogP contribution in [-0.4, -0.2) is 5.78 Å². The molecule has 5 rings (SSSR count). The van der Waals surface area contributed by atoms with E-state index in [1.807, 2.05) is 36.4 Å². The molecule has 0 saturated carbocycles. The number of rotatable bonds is 6. The van der Waals surface area contributed by atoms with Crippen molar-refractivity contribution in [3.8, 4) is 0 Å². The Bertz CT molecular complexity index is 1280. The molecule has 1 heteroatoms. The molecule has 5 aromatic rings. The van der Waals surface area contributed by atoms with Gasteiger partial charge in [0.25, 0.3) is 0 Å². The fraction of sp³-hybridized carbons (Fsp3) is 0.100. The number of ketones is 1. The third-order valence-electron chi connectivity index (χ3n) is 6.13. The van der Waals surface area contributed by atoms with Gasteiger partial charge in [0.1, 0.15) is 0 Å². The Kier molecular flexibility index (Phi) is 5.33. The topological polar surface area (TPSA) is 17.1 Å². The number of carbonyl (C=O) groups excluding carboxylic acids is 1. The molecule has 150 valence electrons. The summed E-state index contributed by atoms with van der Waals surface area (Å²) in [7, 11) is 0. The van der Waals surface area contributed by atoms with Gasteiger partial charge >= 0.3 is 0 Å². The van der Waals surface area contributed by atoms with Crippen LogP contribution in [0.5, 0.6) is 0 Å². The van der Waals surface area contributed by atoms with E-state index in [2.05, 4.69) is 78.9 Å². The van der Waals surface area contributed by atoms with E-state index in [0.29, 0.717) is 6.42 Å². The Balaban J connectivity index is 1.61. The summed E-state index contributed by atoms with van der Waals surface area (Å²) in [5.41, 5.74) is 3.32. The molecule has 0 aliphatic heterocycles. The first-order valence-corrected chi connectivity index (χ1v) is 10.8. The van der Waals surface area contributed by atoms with Crippen LogP contribution >= 0.6 is 0 Å². The Labute approximate surface area is 183 Å². The monoisotopic (exact) mass is 400 g/mol. The molecule has 0 spiro atoms. The van der Waals surface area contributed by atoms with E-state index in [9.17, 15) is 4.79 Å². The lowest BCUT2D eigenvalue weighted by molar-refractivity contribution is 0.0973. The molecule has 1 atom stereocenters. The standard InChI is InChI=1S/C30H24O/c31-30(23-13-5-2-6-14-23)21-26(22-11-3-1-4-12-22)20-29-27-17-9-7-15-24(27)19-25-16-8-10-18-28(25)29/h1-19,26H,20-21H2/t26-/m1/s1. The average Bonchev–Trinajstić information content (AvgIpc) is 2.84. The molecular formula is C30H24O. The molecule has 0 amide bonds. The summed E-state index contributed by atoms with van der Waals surface area (Å²) in [6.45, 7) is 0. The van der Waals surface area contributed by atoms with Crippen molar-refractivity contribution in [3.63, 3.8) is 0 Å². The van der Waals surface area contributed by atoms with Gasteiger partial charge in [-0.15, -0.1) is 0 Å². The molecule has 0 aromatic heterocycles. The van der Waals surface area contributed by atoms with Gasteiger partial charge in [-0.25, -0.2) is 0 Å². The van der Waals surface area contributed by atoms with Crippen LogP contribution in [0.2, 0.25) is 0 Å². The summed E-state index contributed by atoms with van der Waals surface area (Å²) in [6.07, 6.45) is 1.32. The summed E-state index contributed by atoms with van der Waals surface area (Å²) < 4.78 is 0. The minimum atomic E-state index is 0.114. The molecule has 0 bridgehead atoms. The zero-order chi connectivity index (χ0) is 21.0. The minimum Gasteiger partial charge on any atom is -0.294 e. The molecule has 0 radical (unpaired) electrons. The van der Waals surface area contributed by atoms with E-state index < -0.39 is 0 Å². The fourth-order valence-electron chi connectivity index (χ4n) is 4.57. The van der Waals surface area contributed by atoms with E-state index in [0.717, 1.165) is 12.0 Å². The van der Waals surface area contributed by atoms with Gasteiger partial charge in [-0.2, -0.15) is 0 Å². The Morgan fingerprint density at radius 2 is 1.13 bits per heavy atom. The number of benzene rings is 5. The zero-order valence-corrected chi connectivity index (χ0v) is 17.4. The predicted octanol–water partition coefficient (Wildman–Crippen LogP) is 7.59. The maximum Gasteiger partial charge on any atom is 0.163 e. The largest absolute Gasteiger partial charge is 0.294 e. The number of hydrogen-bond acceptors (Lipinski definition) is 1. The third-order valence-corrected chi connectivity index (χ3v) is 6.13. The van der Waals surface area contributed by atoms with Gasteiger partial charge in [0.05, 0.1) is 0 Å². The quantitative estimate of drug-likeness (QED) is 0.212. The lowest BCUT2D eigenvalue weighted by atomic mass is 9.83. The number of fused-ring (bicyclic) bond motifs is 2. The number of carbonyl (C=O) groups is 1. The van der Waals surface area contributed by atoms with Gasteiger partial charge < -0.3 is 0 Å². The van der Waals surface area contributed by atoms with E-state index in [-0.39, 0.29) is 11.7 Å². The fourth-order valence-corrected chi connectivity index (χ4v) is 4.57. The summed E-state index contributed by atoms with van der Waals surface area (Å²) in [6, 6.07) is 39.5. The maximum atomic E-state index is 13.1. The van der Waals surface area contributed by atoms with Crippen LogP contribution in [0.15, 0.2) is 115 Å². The van der Waals surface area contributed by atoms with Crippen molar-refractivity contribution < 1.29 is 4.79 Å². The van der Waals surface area contributed by atoms with Gasteiger partial charge in [-0.1, -0.05) is 109 Å². The molecular weight excluding hydrogens is 376 g/mol. The van der Waals surface area contributed by atoms with Crippen LogP contribution in [0, 0.1) is 0 Å². The van der Waals surface area contributed by atoms with Crippen LogP contribution < -0.4 is 0 Å². The lowest BCUT2D eigenvalue weighted by Gasteiger charge is -2.20. The first kappa shape index (κ1) is 19.3. The van der Waals surface area contributed by atoms with Crippen LogP contribution in [0.25, 0.3) is 21.5 Å². The lowest BCUT2D eigenvalue weighted by Crippen LogP contribution is -2.11. The Hall–Kier alpha value is -3.71. The molecule has 1 nitrogen and oxygen atoms in total. The summed E-state index contributed by atoms with van der Waals surface area (Å²) in [4.78, 5) is 13.1.